The molecule has 2 heteroatoms. The maximum atomic E-state index is 3.68. The molecule has 2 rings (SSSR count). The smallest absolute Gasteiger partial charge is 0.0132 e. The van der Waals surface area contributed by atoms with Crippen LogP contribution in [0.5, 0.6) is 0 Å². The summed E-state index contributed by atoms with van der Waals surface area (Å²) >= 11 is 1.89. The second-order valence-corrected chi connectivity index (χ2v) is 5.02. The van der Waals surface area contributed by atoms with Crippen LogP contribution in [0.4, 0.5) is 0 Å². The van der Waals surface area contributed by atoms with Crippen LogP contribution in [0.15, 0.2) is 60.0 Å². The van der Waals surface area contributed by atoms with Crippen molar-refractivity contribution in [3.8, 4) is 0 Å². The minimum Gasteiger partial charge on any atom is -0.312 e. The lowest BCUT2D eigenvalue weighted by Gasteiger charge is -2.04. The molecule has 0 saturated heterocycles. The lowest BCUT2D eigenvalue weighted by molar-refractivity contribution is 0.807. The molecular formula is C15H17NS. The minimum absolute atomic E-state index is 0.887. The van der Waals surface area contributed by atoms with Crippen molar-refractivity contribution in [3.63, 3.8) is 0 Å². The van der Waals surface area contributed by atoms with E-state index in [0.717, 1.165) is 18.8 Å². The van der Waals surface area contributed by atoms with Gasteiger partial charge >= 0.3 is 0 Å². The third kappa shape index (κ3) is 3.62. The molecular weight excluding hydrogens is 226 g/mol. The summed E-state index contributed by atoms with van der Waals surface area (Å²) in [6.45, 7) is 5.59. The molecule has 0 heterocycles. The van der Waals surface area contributed by atoms with Gasteiger partial charge in [-0.25, -0.2) is 0 Å². The summed E-state index contributed by atoms with van der Waals surface area (Å²) in [4.78, 5) is 1.34. The zero-order valence-electron chi connectivity index (χ0n) is 9.86. The summed E-state index contributed by atoms with van der Waals surface area (Å²) in [5.41, 5.74) is 0. The predicted molar refractivity (Wildman–Crippen MR) is 77.7 cm³/mol. The molecule has 0 aliphatic carbocycles. The van der Waals surface area contributed by atoms with Gasteiger partial charge in [-0.3, -0.25) is 0 Å². The highest BCUT2D eigenvalue weighted by Crippen LogP contribution is 2.23. The van der Waals surface area contributed by atoms with E-state index in [1.165, 1.54) is 15.7 Å². The fraction of sp³-hybridized carbons (Fsp3) is 0.200. The van der Waals surface area contributed by atoms with E-state index in [0.29, 0.717) is 0 Å². The number of thioether (sulfide) groups is 1. The predicted octanol–water partition coefficient (Wildman–Crippen LogP) is 3.71. The molecule has 0 unspecified atom stereocenters. The third-order valence-corrected chi connectivity index (χ3v) is 3.55. The Hall–Kier alpha value is -1.25. The number of nitrogens with one attached hydrogen (secondary N) is 1. The van der Waals surface area contributed by atoms with Gasteiger partial charge in [-0.2, -0.15) is 0 Å². The van der Waals surface area contributed by atoms with Crippen LogP contribution in [-0.2, 0) is 0 Å². The molecule has 88 valence electrons. The van der Waals surface area contributed by atoms with Crippen molar-refractivity contribution in [2.45, 2.75) is 4.90 Å². The molecule has 0 atom stereocenters. The number of benzene rings is 2. The van der Waals surface area contributed by atoms with Gasteiger partial charge in [-0.1, -0.05) is 36.4 Å². The van der Waals surface area contributed by atoms with Crippen LogP contribution >= 0.6 is 11.8 Å². The van der Waals surface area contributed by atoms with Gasteiger partial charge < -0.3 is 5.32 Å². The Kier molecular flexibility index (Phi) is 4.65. The maximum absolute atomic E-state index is 3.68. The zero-order valence-corrected chi connectivity index (χ0v) is 10.7. The lowest BCUT2D eigenvalue weighted by atomic mass is 10.1. The fourth-order valence-corrected chi connectivity index (χ4v) is 2.56. The standard InChI is InChI=1S/C15H17NS/c1-2-9-16-10-11-17-15-8-7-13-5-3-4-6-14(13)12-15/h2-8,12,16H,1,9-11H2. The molecule has 0 aliphatic rings. The highest BCUT2D eigenvalue weighted by atomic mass is 32.2. The van der Waals surface area contributed by atoms with E-state index in [1.54, 1.807) is 0 Å². The molecule has 0 amide bonds. The van der Waals surface area contributed by atoms with Crippen LogP contribution in [0.3, 0.4) is 0 Å². The Balaban J connectivity index is 1.92. The molecule has 0 aliphatic heterocycles. The molecule has 0 aromatic heterocycles. The number of fused-ring (bicyclic) bond motifs is 1. The van der Waals surface area contributed by atoms with Crippen molar-refractivity contribution in [2.75, 3.05) is 18.8 Å². The molecule has 1 N–H and O–H groups in total. The Labute approximate surface area is 107 Å². The molecule has 0 fully saturated rings. The molecule has 1 nitrogen and oxygen atoms in total. The van der Waals surface area contributed by atoms with Crippen molar-refractivity contribution in [2.24, 2.45) is 0 Å². The topological polar surface area (TPSA) is 12.0 Å². The number of hydrogen-bond acceptors (Lipinski definition) is 2. The Morgan fingerprint density at radius 3 is 2.76 bits per heavy atom. The third-order valence-electron chi connectivity index (χ3n) is 2.56. The minimum atomic E-state index is 0.887. The second kappa shape index (κ2) is 6.48. The summed E-state index contributed by atoms with van der Waals surface area (Å²) in [6.07, 6.45) is 1.89. The molecule has 2 aromatic rings. The van der Waals surface area contributed by atoms with E-state index in [9.17, 15) is 0 Å². The van der Waals surface area contributed by atoms with Gasteiger partial charge in [0.2, 0.25) is 0 Å². The summed E-state index contributed by atoms with van der Waals surface area (Å²) < 4.78 is 0. The van der Waals surface area contributed by atoms with Crippen LogP contribution in [0, 0.1) is 0 Å². The highest BCUT2D eigenvalue weighted by molar-refractivity contribution is 7.99. The number of rotatable bonds is 6. The van der Waals surface area contributed by atoms with Gasteiger partial charge in [-0.05, 0) is 22.9 Å². The zero-order chi connectivity index (χ0) is 11.9. The Morgan fingerprint density at radius 1 is 1.12 bits per heavy atom. The first-order valence-corrected chi connectivity index (χ1v) is 6.82. The summed E-state index contributed by atoms with van der Waals surface area (Å²) in [6, 6.07) is 15.1. The van der Waals surface area contributed by atoms with Crippen LogP contribution in [0.2, 0.25) is 0 Å². The van der Waals surface area contributed by atoms with E-state index in [2.05, 4.69) is 54.4 Å². The van der Waals surface area contributed by atoms with Gasteiger partial charge in [0, 0.05) is 23.7 Å². The Bertz CT molecular complexity index is 493. The van der Waals surface area contributed by atoms with Gasteiger partial charge in [0.1, 0.15) is 0 Å². The van der Waals surface area contributed by atoms with Crippen molar-refractivity contribution in [1.82, 2.24) is 5.32 Å². The largest absolute Gasteiger partial charge is 0.312 e. The summed E-state index contributed by atoms with van der Waals surface area (Å²) in [5, 5.41) is 5.93. The molecule has 0 bridgehead atoms. The fourth-order valence-electron chi connectivity index (χ4n) is 1.70. The van der Waals surface area contributed by atoms with Crippen molar-refractivity contribution in [1.29, 1.82) is 0 Å². The van der Waals surface area contributed by atoms with Crippen LogP contribution in [0.25, 0.3) is 10.8 Å². The quantitative estimate of drug-likeness (QED) is 0.471. The maximum Gasteiger partial charge on any atom is 0.0132 e. The van der Waals surface area contributed by atoms with E-state index >= 15 is 0 Å². The molecule has 0 saturated carbocycles. The van der Waals surface area contributed by atoms with Gasteiger partial charge in [0.15, 0.2) is 0 Å². The van der Waals surface area contributed by atoms with E-state index in [-0.39, 0.29) is 0 Å². The summed E-state index contributed by atoms with van der Waals surface area (Å²) in [5.74, 6) is 1.09. The van der Waals surface area contributed by atoms with Gasteiger partial charge in [-0.15, -0.1) is 18.3 Å². The van der Waals surface area contributed by atoms with Crippen molar-refractivity contribution < 1.29 is 0 Å². The average Bonchev–Trinajstić information content (AvgIpc) is 2.38. The van der Waals surface area contributed by atoms with Crippen LogP contribution in [-0.4, -0.2) is 18.8 Å². The van der Waals surface area contributed by atoms with Gasteiger partial charge in [0.05, 0.1) is 0 Å². The lowest BCUT2D eigenvalue weighted by Crippen LogP contribution is -2.16. The summed E-state index contributed by atoms with van der Waals surface area (Å²) in [7, 11) is 0. The number of hydrogen-bond donors (Lipinski definition) is 1. The Morgan fingerprint density at radius 2 is 1.94 bits per heavy atom. The molecule has 0 spiro atoms. The molecule has 0 radical (unpaired) electrons. The van der Waals surface area contributed by atoms with Crippen molar-refractivity contribution >= 4 is 22.5 Å². The highest BCUT2D eigenvalue weighted by Gasteiger charge is 1.96. The average molecular weight is 243 g/mol. The molecule has 2 aromatic carbocycles. The first-order valence-electron chi connectivity index (χ1n) is 5.83. The van der Waals surface area contributed by atoms with E-state index < -0.39 is 0 Å². The monoisotopic (exact) mass is 243 g/mol. The first kappa shape index (κ1) is 12.2. The van der Waals surface area contributed by atoms with E-state index in [4.69, 9.17) is 0 Å². The van der Waals surface area contributed by atoms with Crippen LogP contribution in [0.1, 0.15) is 0 Å². The van der Waals surface area contributed by atoms with Crippen LogP contribution < -0.4 is 5.32 Å². The second-order valence-electron chi connectivity index (χ2n) is 3.85. The SMILES string of the molecule is C=CCNCCSc1ccc2ccccc2c1. The van der Waals surface area contributed by atoms with E-state index in [1.807, 2.05) is 17.8 Å². The normalized spacial score (nSPS) is 10.6. The molecule has 17 heavy (non-hydrogen) atoms. The van der Waals surface area contributed by atoms with Gasteiger partial charge in [0.25, 0.3) is 0 Å². The van der Waals surface area contributed by atoms with Crippen molar-refractivity contribution in [3.05, 3.63) is 55.1 Å². The first-order chi connectivity index (χ1) is 8.40.